The number of hydrogen-bond acceptors (Lipinski definition) is 0. The van der Waals surface area contributed by atoms with Gasteiger partial charge in [0.2, 0.25) is 0 Å². The van der Waals surface area contributed by atoms with Crippen LogP contribution in [0.1, 0.15) is 97.3 Å². The first kappa shape index (κ1) is 27.5. The van der Waals surface area contributed by atoms with Gasteiger partial charge in [0, 0.05) is 0 Å². The van der Waals surface area contributed by atoms with Crippen LogP contribution in [0.4, 0.5) is 0 Å². The summed E-state index contributed by atoms with van der Waals surface area (Å²) in [6.07, 6.45) is 22.1. The van der Waals surface area contributed by atoms with Crippen molar-refractivity contribution in [1.29, 1.82) is 0 Å². The van der Waals surface area contributed by atoms with Crippen molar-refractivity contribution in [3.63, 3.8) is 0 Å². The Kier molecular flexibility index (Phi) is 15.3. The molecule has 0 spiro atoms. The summed E-state index contributed by atoms with van der Waals surface area (Å²) in [5, 5.41) is 0. The summed E-state index contributed by atoms with van der Waals surface area (Å²) in [7, 11) is 9.87. The Balaban J connectivity index is 0.000000980. The van der Waals surface area contributed by atoms with E-state index >= 15 is 0 Å². The molecular formula is C23H44Cl2Zr. The van der Waals surface area contributed by atoms with Crippen molar-refractivity contribution in [2.75, 3.05) is 0 Å². The molecule has 0 saturated heterocycles. The normalized spacial score (nSPS) is 37.3. The maximum atomic E-state index is 4.93. The van der Waals surface area contributed by atoms with E-state index in [1.165, 1.54) is 0 Å². The molecule has 4 saturated carbocycles. The Morgan fingerprint density at radius 3 is 1.31 bits per heavy atom. The fourth-order valence-electron chi connectivity index (χ4n) is 6.86. The van der Waals surface area contributed by atoms with Gasteiger partial charge in [-0.3, -0.25) is 0 Å². The van der Waals surface area contributed by atoms with Crippen LogP contribution in [-0.2, 0) is 20.8 Å². The maximum absolute atomic E-state index is 4.93. The molecule has 0 aromatic heterocycles. The summed E-state index contributed by atoms with van der Waals surface area (Å²) in [5.41, 5.74) is 0. The van der Waals surface area contributed by atoms with Crippen LogP contribution >= 0.6 is 17.0 Å². The van der Waals surface area contributed by atoms with Crippen LogP contribution in [0.15, 0.2) is 0 Å². The van der Waals surface area contributed by atoms with E-state index < -0.39 is 20.8 Å². The van der Waals surface area contributed by atoms with E-state index in [1.807, 2.05) is 0 Å². The second kappa shape index (κ2) is 14.4. The topological polar surface area (TPSA) is 0 Å². The van der Waals surface area contributed by atoms with Crippen LogP contribution < -0.4 is 0 Å². The summed E-state index contributed by atoms with van der Waals surface area (Å²) in [6.45, 7) is 0. The van der Waals surface area contributed by atoms with Crippen LogP contribution in [0.25, 0.3) is 0 Å². The van der Waals surface area contributed by atoms with E-state index in [2.05, 4.69) is 0 Å². The third-order valence-electron chi connectivity index (χ3n) is 7.87. The zero-order valence-electron chi connectivity index (χ0n) is 16.6. The zero-order valence-corrected chi connectivity index (χ0v) is 20.6. The van der Waals surface area contributed by atoms with Crippen LogP contribution in [-0.4, -0.2) is 0 Å². The van der Waals surface area contributed by atoms with Crippen molar-refractivity contribution in [1.82, 2.24) is 0 Å². The van der Waals surface area contributed by atoms with Crippen LogP contribution in [0.5, 0.6) is 0 Å². The molecule has 0 N–H and O–H groups in total. The molecule has 0 heterocycles. The van der Waals surface area contributed by atoms with E-state index in [0.717, 1.165) is 35.5 Å². The molecule has 6 unspecified atom stereocenters. The minimum atomic E-state index is -0.826. The molecule has 0 aliphatic heterocycles. The molecule has 154 valence electrons. The average Bonchev–Trinajstić information content (AvgIpc) is 3.18. The molecule has 0 aromatic rings. The SMILES string of the molecule is C.C1CCC2C(C1)CCC2CCC1CCC2CCCCC21.[CH3-].[CH3-].[Cl][Zr+2][Cl]. The fraction of sp³-hybridized carbons (Fsp3) is 0.913. The van der Waals surface area contributed by atoms with E-state index in [9.17, 15) is 0 Å². The molecule has 26 heavy (non-hydrogen) atoms. The molecule has 4 rings (SSSR count). The molecule has 0 aromatic carbocycles. The second-order valence-electron chi connectivity index (χ2n) is 8.74. The van der Waals surface area contributed by atoms with Crippen molar-refractivity contribution in [3.05, 3.63) is 14.9 Å². The van der Waals surface area contributed by atoms with Gasteiger partial charge in [0.15, 0.2) is 0 Å². The van der Waals surface area contributed by atoms with Crippen LogP contribution in [0.3, 0.4) is 0 Å². The fourth-order valence-corrected chi connectivity index (χ4v) is 6.86. The first-order valence-electron chi connectivity index (χ1n) is 10.3. The summed E-state index contributed by atoms with van der Waals surface area (Å²) in [6, 6.07) is 0. The Morgan fingerprint density at radius 2 is 0.923 bits per heavy atom. The second-order valence-corrected chi connectivity index (χ2v) is 12.5. The summed E-state index contributed by atoms with van der Waals surface area (Å²) < 4.78 is 0. The summed E-state index contributed by atoms with van der Waals surface area (Å²) in [5.74, 6) is 6.91. The van der Waals surface area contributed by atoms with E-state index in [1.54, 1.807) is 89.9 Å². The predicted molar refractivity (Wildman–Crippen MR) is 117 cm³/mol. The Bertz CT molecular complexity index is 317. The van der Waals surface area contributed by atoms with E-state index in [-0.39, 0.29) is 22.3 Å². The number of hydrogen-bond donors (Lipinski definition) is 0. The zero-order chi connectivity index (χ0) is 16.1. The van der Waals surface area contributed by atoms with Gasteiger partial charge in [0.25, 0.3) is 0 Å². The van der Waals surface area contributed by atoms with E-state index in [0.29, 0.717) is 0 Å². The van der Waals surface area contributed by atoms with Crippen molar-refractivity contribution >= 4 is 17.0 Å². The van der Waals surface area contributed by atoms with Gasteiger partial charge in [0.05, 0.1) is 0 Å². The third-order valence-corrected chi connectivity index (χ3v) is 7.87. The predicted octanol–water partition coefficient (Wildman–Crippen LogP) is 9.11. The Labute approximate surface area is 184 Å². The Morgan fingerprint density at radius 1 is 0.577 bits per heavy atom. The van der Waals surface area contributed by atoms with Gasteiger partial charge < -0.3 is 14.9 Å². The number of fused-ring (bicyclic) bond motifs is 2. The molecular weight excluding hydrogens is 438 g/mol. The standard InChI is InChI=1S/C20H34.CH4.2CH3.2ClH.Zr/c1-3-7-19-15(5-1)9-11-17(19)13-14-18-12-10-16-6-2-4-8-20(16)18;;;;;;/h15-20H,1-14H2;1H4;2*1H3;2*1H;/q;;2*-1;;;+4/p-2. The van der Waals surface area contributed by atoms with Gasteiger partial charge in [-0.1, -0.05) is 46.0 Å². The van der Waals surface area contributed by atoms with Gasteiger partial charge in [-0.2, -0.15) is 0 Å². The third kappa shape index (κ3) is 7.06. The molecule has 0 nitrogen and oxygen atoms in total. The molecule has 6 atom stereocenters. The molecule has 0 radical (unpaired) electrons. The minimum absolute atomic E-state index is 0. The number of halogens is 2. The van der Waals surface area contributed by atoms with Gasteiger partial charge in [0.1, 0.15) is 0 Å². The molecule has 3 heteroatoms. The van der Waals surface area contributed by atoms with Crippen molar-refractivity contribution < 1.29 is 20.8 Å². The molecule has 0 amide bonds. The van der Waals surface area contributed by atoms with Crippen molar-refractivity contribution in [2.24, 2.45) is 35.5 Å². The Hall–Kier alpha value is 1.46. The monoisotopic (exact) mass is 480 g/mol. The van der Waals surface area contributed by atoms with Crippen LogP contribution in [0, 0.1) is 50.4 Å². The summed E-state index contributed by atoms with van der Waals surface area (Å²) >= 11 is -0.826. The molecule has 4 aliphatic rings. The summed E-state index contributed by atoms with van der Waals surface area (Å²) in [4.78, 5) is 0. The van der Waals surface area contributed by atoms with Gasteiger partial charge in [-0.15, -0.1) is 0 Å². The van der Waals surface area contributed by atoms with Gasteiger partial charge >= 0.3 is 37.9 Å². The molecule has 0 bridgehead atoms. The van der Waals surface area contributed by atoms with Gasteiger partial charge in [-0.25, -0.2) is 0 Å². The molecule has 4 aliphatic carbocycles. The quantitative estimate of drug-likeness (QED) is 0.352. The van der Waals surface area contributed by atoms with E-state index in [4.69, 9.17) is 17.0 Å². The first-order chi connectivity index (χ1) is 11.3. The molecule has 4 fully saturated rings. The first-order valence-corrected chi connectivity index (χ1v) is 16.6. The average molecular weight is 483 g/mol. The van der Waals surface area contributed by atoms with Crippen molar-refractivity contribution in [3.8, 4) is 0 Å². The van der Waals surface area contributed by atoms with Crippen LogP contribution in [0.2, 0.25) is 0 Å². The van der Waals surface area contributed by atoms with Crippen molar-refractivity contribution in [2.45, 2.75) is 97.3 Å². The number of rotatable bonds is 3. The van der Waals surface area contributed by atoms with Gasteiger partial charge in [-0.05, 0) is 86.9 Å².